The second-order valence-corrected chi connectivity index (χ2v) is 7.86. The van der Waals surface area contributed by atoms with E-state index in [-0.39, 0.29) is 17.3 Å². The molecule has 0 aliphatic heterocycles. The summed E-state index contributed by atoms with van der Waals surface area (Å²) in [4.78, 5) is 11.1. The van der Waals surface area contributed by atoms with E-state index in [9.17, 15) is 13.2 Å². The monoisotopic (exact) mass is 327 g/mol. The van der Waals surface area contributed by atoms with Crippen molar-refractivity contribution in [3.8, 4) is 0 Å². The molecule has 0 spiro atoms. The molecule has 0 heterocycles. The fourth-order valence-electron chi connectivity index (χ4n) is 2.37. The highest BCUT2D eigenvalue weighted by atomic mass is 32.2. The van der Waals surface area contributed by atoms with E-state index in [2.05, 4.69) is 10.0 Å². The minimum atomic E-state index is -3.66. The molecule has 1 aromatic carbocycles. The summed E-state index contributed by atoms with van der Waals surface area (Å²) < 4.78 is 27.6. The minimum absolute atomic E-state index is 0.144. The van der Waals surface area contributed by atoms with Gasteiger partial charge in [-0.1, -0.05) is 13.8 Å². The zero-order valence-corrected chi connectivity index (χ0v) is 14.3. The fraction of sp³-hybridized carbons (Fsp3) is 0.533. The third kappa shape index (κ3) is 5.40. The third-order valence-electron chi connectivity index (χ3n) is 3.18. The smallest absolute Gasteiger partial charge is 0.241 e. The molecule has 4 N–H and O–H groups in total. The van der Waals surface area contributed by atoms with Crippen molar-refractivity contribution in [3.05, 3.63) is 24.3 Å². The van der Waals surface area contributed by atoms with Crippen LogP contribution in [0.2, 0.25) is 0 Å². The summed E-state index contributed by atoms with van der Waals surface area (Å²) in [5, 5.41) is 2.59. The Hall–Kier alpha value is -1.44. The van der Waals surface area contributed by atoms with Crippen LogP contribution in [0.5, 0.6) is 0 Å². The summed E-state index contributed by atoms with van der Waals surface area (Å²) in [6, 6.07) is 6.02. The van der Waals surface area contributed by atoms with E-state index < -0.39 is 15.6 Å². The summed E-state index contributed by atoms with van der Waals surface area (Å²) >= 11 is 0. The molecule has 0 aliphatic rings. The maximum absolute atomic E-state index is 12.5. The van der Waals surface area contributed by atoms with Crippen molar-refractivity contribution in [2.45, 2.75) is 44.6 Å². The molecule has 0 radical (unpaired) electrons. The summed E-state index contributed by atoms with van der Waals surface area (Å²) in [7, 11) is -3.66. The average molecular weight is 327 g/mol. The van der Waals surface area contributed by atoms with E-state index in [4.69, 9.17) is 5.73 Å². The Kier molecular flexibility index (Phi) is 6.10. The Morgan fingerprint density at radius 1 is 1.27 bits per heavy atom. The van der Waals surface area contributed by atoms with Gasteiger partial charge in [0.05, 0.1) is 4.90 Å². The third-order valence-corrected chi connectivity index (χ3v) is 4.83. The zero-order chi connectivity index (χ0) is 17.0. The van der Waals surface area contributed by atoms with Gasteiger partial charge in [0, 0.05) is 24.7 Å². The topological polar surface area (TPSA) is 101 Å². The van der Waals surface area contributed by atoms with Gasteiger partial charge in [-0.2, -0.15) is 0 Å². The van der Waals surface area contributed by atoms with Crippen LogP contribution >= 0.6 is 0 Å². The molecule has 0 aliphatic carbocycles. The van der Waals surface area contributed by atoms with Crippen molar-refractivity contribution >= 4 is 21.6 Å². The summed E-state index contributed by atoms with van der Waals surface area (Å²) in [5.74, 6) is 0.111. The Bertz CT molecular complexity index is 611. The van der Waals surface area contributed by atoms with Crippen molar-refractivity contribution < 1.29 is 13.2 Å². The zero-order valence-electron chi connectivity index (χ0n) is 13.5. The lowest BCUT2D eigenvalue weighted by molar-refractivity contribution is -0.114. The van der Waals surface area contributed by atoms with Crippen LogP contribution in [0.3, 0.4) is 0 Å². The summed E-state index contributed by atoms with van der Waals surface area (Å²) in [6.45, 7) is 7.45. The van der Waals surface area contributed by atoms with Gasteiger partial charge in [-0.3, -0.25) is 4.79 Å². The predicted molar refractivity (Wildman–Crippen MR) is 88.0 cm³/mol. The number of carbonyl (C=O) groups excluding carboxylic acids is 1. The summed E-state index contributed by atoms with van der Waals surface area (Å²) in [6.07, 6.45) is 0.646. The predicted octanol–water partition coefficient (Wildman–Crippen LogP) is 1.69. The Balaban J connectivity index is 2.96. The number of rotatable bonds is 7. The molecule has 6 nitrogen and oxygen atoms in total. The van der Waals surface area contributed by atoms with Crippen molar-refractivity contribution in [1.29, 1.82) is 0 Å². The van der Waals surface area contributed by atoms with Gasteiger partial charge in [0.25, 0.3) is 0 Å². The number of anilines is 1. The van der Waals surface area contributed by atoms with E-state index in [0.29, 0.717) is 18.0 Å². The number of carbonyl (C=O) groups is 1. The van der Waals surface area contributed by atoms with Crippen molar-refractivity contribution in [3.63, 3.8) is 0 Å². The van der Waals surface area contributed by atoms with E-state index in [1.54, 1.807) is 19.1 Å². The van der Waals surface area contributed by atoms with Gasteiger partial charge in [0.2, 0.25) is 15.9 Å². The van der Waals surface area contributed by atoms with Crippen LogP contribution in [-0.4, -0.2) is 26.4 Å². The second-order valence-electron chi connectivity index (χ2n) is 6.17. The molecule has 0 bridgehead atoms. The number of hydrogen-bond donors (Lipinski definition) is 3. The van der Waals surface area contributed by atoms with Gasteiger partial charge in [-0.15, -0.1) is 0 Å². The van der Waals surface area contributed by atoms with Crippen LogP contribution in [0.25, 0.3) is 0 Å². The van der Waals surface area contributed by atoms with Crippen LogP contribution in [0, 0.1) is 5.92 Å². The number of hydrogen-bond acceptors (Lipinski definition) is 4. The molecule has 1 unspecified atom stereocenters. The number of amides is 1. The molecule has 0 saturated heterocycles. The quantitative estimate of drug-likeness (QED) is 0.709. The average Bonchev–Trinajstić information content (AvgIpc) is 2.37. The van der Waals surface area contributed by atoms with E-state index >= 15 is 0 Å². The molecule has 22 heavy (non-hydrogen) atoms. The van der Waals surface area contributed by atoms with E-state index in [1.807, 2.05) is 13.8 Å². The van der Waals surface area contributed by atoms with Gasteiger partial charge in [-0.25, -0.2) is 13.1 Å². The normalized spacial score (nSPS) is 14.6. The van der Waals surface area contributed by atoms with Crippen LogP contribution in [0.4, 0.5) is 5.69 Å². The standard InChI is InChI=1S/C15H25N3O3S/c1-11(2)9-15(4,10-16)18-22(20,21)14-7-5-13(6-8-14)17-12(3)19/h5-8,11,18H,9-10,16H2,1-4H3,(H,17,19). The lowest BCUT2D eigenvalue weighted by atomic mass is 9.92. The highest BCUT2D eigenvalue weighted by molar-refractivity contribution is 7.89. The first kappa shape index (κ1) is 18.6. The highest BCUT2D eigenvalue weighted by Crippen LogP contribution is 2.20. The molecule has 0 saturated carbocycles. The second kappa shape index (κ2) is 7.21. The molecule has 1 atom stereocenters. The molecular weight excluding hydrogens is 302 g/mol. The van der Waals surface area contributed by atoms with Crippen LogP contribution in [0.1, 0.15) is 34.1 Å². The number of nitrogens with one attached hydrogen (secondary N) is 2. The van der Waals surface area contributed by atoms with Crippen LogP contribution in [0.15, 0.2) is 29.2 Å². The number of nitrogens with two attached hydrogens (primary N) is 1. The van der Waals surface area contributed by atoms with E-state index in [0.717, 1.165) is 0 Å². The molecule has 0 aromatic heterocycles. The van der Waals surface area contributed by atoms with Gasteiger partial charge < -0.3 is 11.1 Å². The molecule has 124 valence electrons. The fourth-order valence-corrected chi connectivity index (χ4v) is 3.80. The van der Waals surface area contributed by atoms with Crippen LogP contribution < -0.4 is 15.8 Å². The highest BCUT2D eigenvalue weighted by Gasteiger charge is 2.30. The Morgan fingerprint density at radius 2 is 1.82 bits per heavy atom. The Morgan fingerprint density at radius 3 is 2.23 bits per heavy atom. The van der Waals surface area contributed by atoms with Crippen LogP contribution in [-0.2, 0) is 14.8 Å². The summed E-state index contributed by atoms with van der Waals surface area (Å²) in [5.41, 5.74) is 5.61. The lowest BCUT2D eigenvalue weighted by Crippen LogP contribution is -2.51. The van der Waals surface area contributed by atoms with Crippen molar-refractivity contribution in [2.75, 3.05) is 11.9 Å². The van der Waals surface area contributed by atoms with E-state index in [1.165, 1.54) is 19.1 Å². The van der Waals surface area contributed by atoms with Gasteiger partial charge in [0.1, 0.15) is 0 Å². The SMILES string of the molecule is CC(=O)Nc1ccc(S(=O)(=O)NC(C)(CN)CC(C)C)cc1. The molecule has 1 rings (SSSR count). The van der Waals surface area contributed by atoms with Crippen molar-refractivity contribution in [1.82, 2.24) is 4.72 Å². The van der Waals surface area contributed by atoms with Gasteiger partial charge in [0.15, 0.2) is 0 Å². The molecule has 0 fully saturated rings. The first-order valence-electron chi connectivity index (χ1n) is 7.20. The molecule has 1 amide bonds. The first-order valence-corrected chi connectivity index (χ1v) is 8.68. The maximum Gasteiger partial charge on any atom is 0.241 e. The van der Waals surface area contributed by atoms with Gasteiger partial charge in [-0.05, 0) is 43.5 Å². The molecular formula is C15H25N3O3S. The van der Waals surface area contributed by atoms with Gasteiger partial charge >= 0.3 is 0 Å². The minimum Gasteiger partial charge on any atom is -0.329 e. The largest absolute Gasteiger partial charge is 0.329 e. The maximum atomic E-state index is 12.5. The Labute approximate surface area is 132 Å². The number of sulfonamides is 1. The first-order chi connectivity index (χ1) is 10.1. The number of benzene rings is 1. The lowest BCUT2D eigenvalue weighted by Gasteiger charge is -2.30. The molecule has 1 aromatic rings. The van der Waals surface area contributed by atoms with Crippen molar-refractivity contribution in [2.24, 2.45) is 11.7 Å². The molecule has 7 heteroatoms.